The second-order valence-electron chi connectivity index (χ2n) is 5.71. The van der Waals surface area contributed by atoms with Crippen LogP contribution in [0, 0.1) is 5.92 Å². The summed E-state index contributed by atoms with van der Waals surface area (Å²) in [6.45, 7) is 1.89. The van der Waals surface area contributed by atoms with Gasteiger partial charge >= 0.3 is 11.9 Å². The molecule has 0 radical (unpaired) electrons. The highest BCUT2D eigenvalue weighted by molar-refractivity contribution is 5.96. The Morgan fingerprint density at radius 1 is 1.14 bits per heavy atom. The van der Waals surface area contributed by atoms with Crippen molar-refractivity contribution in [1.29, 1.82) is 0 Å². The van der Waals surface area contributed by atoms with Crippen LogP contribution < -0.4 is 0 Å². The van der Waals surface area contributed by atoms with Crippen LogP contribution in [0.3, 0.4) is 0 Å². The van der Waals surface area contributed by atoms with Gasteiger partial charge < -0.3 is 4.74 Å². The first-order chi connectivity index (χ1) is 10.2. The Kier molecular flexibility index (Phi) is 4.15. The molecular weight excluding hydrogens is 266 g/mol. The molecule has 0 spiro atoms. The minimum Gasteiger partial charge on any atom is -0.389 e. The van der Waals surface area contributed by atoms with Crippen LogP contribution in [0.25, 0.3) is 6.08 Å². The molecule has 110 valence electrons. The number of hydrogen-bond acceptors (Lipinski definition) is 4. The molecule has 0 aliphatic carbocycles. The minimum atomic E-state index is -0.591. The monoisotopic (exact) mass is 285 g/mol. The predicted molar refractivity (Wildman–Crippen MR) is 79.3 cm³/mol. The van der Waals surface area contributed by atoms with E-state index in [1.165, 1.54) is 6.08 Å². The molecule has 3 saturated heterocycles. The number of esters is 2. The first kappa shape index (κ1) is 14.0. The van der Waals surface area contributed by atoms with E-state index in [1.54, 1.807) is 6.08 Å². The molecule has 0 N–H and O–H groups in total. The van der Waals surface area contributed by atoms with Gasteiger partial charge in [0, 0.05) is 6.08 Å². The van der Waals surface area contributed by atoms with E-state index in [-0.39, 0.29) is 6.04 Å². The lowest BCUT2D eigenvalue weighted by Crippen LogP contribution is -2.53. The van der Waals surface area contributed by atoms with Gasteiger partial charge in [0.15, 0.2) is 0 Å². The number of nitrogens with zero attached hydrogens (tertiary/aromatic N) is 1. The fourth-order valence-electron chi connectivity index (χ4n) is 3.14. The number of piperidine rings is 3. The van der Waals surface area contributed by atoms with Crippen molar-refractivity contribution in [3.63, 3.8) is 0 Å². The fraction of sp³-hybridized carbons (Fsp3) is 0.412. The van der Waals surface area contributed by atoms with Gasteiger partial charge in [-0.15, -0.1) is 0 Å². The van der Waals surface area contributed by atoms with Crippen LogP contribution >= 0.6 is 0 Å². The third kappa shape index (κ3) is 3.39. The van der Waals surface area contributed by atoms with Crippen molar-refractivity contribution in [1.82, 2.24) is 4.90 Å². The molecule has 1 aromatic rings. The van der Waals surface area contributed by atoms with E-state index in [1.807, 2.05) is 30.3 Å². The summed E-state index contributed by atoms with van der Waals surface area (Å²) in [6, 6.07) is 9.23. The summed E-state index contributed by atoms with van der Waals surface area (Å²) in [5, 5.41) is 0. The lowest BCUT2D eigenvalue weighted by molar-refractivity contribution is -0.163. The SMILES string of the molecule is O=C(C=Cc1ccccc1)OC(=O)C1CC2CCN1CC2. The predicted octanol–water partition coefficient (Wildman–Crippen LogP) is 2.25. The average molecular weight is 285 g/mol. The Hall–Kier alpha value is -1.94. The van der Waals surface area contributed by atoms with Crippen molar-refractivity contribution >= 4 is 18.0 Å². The minimum absolute atomic E-state index is 0.230. The highest BCUT2D eigenvalue weighted by atomic mass is 16.6. The summed E-state index contributed by atoms with van der Waals surface area (Å²) >= 11 is 0. The molecule has 4 rings (SSSR count). The van der Waals surface area contributed by atoms with Gasteiger partial charge in [0.1, 0.15) is 6.04 Å². The summed E-state index contributed by atoms with van der Waals surface area (Å²) in [7, 11) is 0. The molecule has 1 unspecified atom stereocenters. The molecular formula is C17H19NO3. The van der Waals surface area contributed by atoms with E-state index in [0.717, 1.165) is 37.9 Å². The lowest BCUT2D eigenvalue weighted by atomic mass is 9.83. The van der Waals surface area contributed by atoms with Crippen molar-refractivity contribution in [2.75, 3.05) is 13.1 Å². The Labute approximate surface area is 124 Å². The van der Waals surface area contributed by atoms with Crippen LogP contribution in [-0.2, 0) is 14.3 Å². The van der Waals surface area contributed by atoms with Gasteiger partial charge in [-0.2, -0.15) is 0 Å². The maximum atomic E-state index is 12.1. The van der Waals surface area contributed by atoms with Crippen molar-refractivity contribution < 1.29 is 14.3 Å². The molecule has 2 bridgehead atoms. The molecule has 3 heterocycles. The normalized spacial score (nSPS) is 27.7. The van der Waals surface area contributed by atoms with E-state index in [2.05, 4.69) is 4.90 Å². The third-order valence-corrected chi connectivity index (χ3v) is 4.33. The Morgan fingerprint density at radius 2 is 1.86 bits per heavy atom. The van der Waals surface area contributed by atoms with Crippen molar-refractivity contribution in [3.05, 3.63) is 42.0 Å². The molecule has 0 amide bonds. The zero-order valence-electron chi connectivity index (χ0n) is 11.9. The smallest absolute Gasteiger partial charge is 0.338 e. The maximum absolute atomic E-state index is 12.1. The molecule has 4 nitrogen and oxygen atoms in total. The standard InChI is InChI=1S/C17H19NO3/c19-16(7-6-13-4-2-1-3-5-13)21-17(20)15-12-14-8-10-18(15)11-9-14/h1-7,14-15H,8-12H2. The maximum Gasteiger partial charge on any atom is 0.338 e. The van der Waals surface area contributed by atoms with Crippen LogP contribution in [-0.4, -0.2) is 36.0 Å². The van der Waals surface area contributed by atoms with Gasteiger partial charge in [-0.25, -0.2) is 9.59 Å². The van der Waals surface area contributed by atoms with E-state index in [0.29, 0.717) is 5.92 Å². The van der Waals surface area contributed by atoms with E-state index >= 15 is 0 Å². The number of fused-ring (bicyclic) bond motifs is 3. The quantitative estimate of drug-likeness (QED) is 0.485. The van der Waals surface area contributed by atoms with Crippen molar-refractivity contribution in [3.8, 4) is 0 Å². The first-order valence-electron chi connectivity index (χ1n) is 7.45. The lowest BCUT2D eigenvalue weighted by Gasteiger charge is -2.43. The van der Waals surface area contributed by atoms with Crippen LogP contribution in [0.4, 0.5) is 0 Å². The van der Waals surface area contributed by atoms with Crippen LogP contribution in [0.5, 0.6) is 0 Å². The second-order valence-corrected chi connectivity index (χ2v) is 5.71. The second kappa shape index (κ2) is 6.22. The van der Waals surface area contributed by atoms with E-state index in [9.17, 15) is 9.59 Å². The molecule has 21 heavy (non-hydrogen) atoms. The summed E-state index contributed by atoms with van der Waals surface area (Å²) < 4.78 is 4.96. The zero-order chi connectivity index (χ0) is 14.7. The Morgan fingerprint density at radius 3 is 2.48 bits per heavy atom. The summed E-state index contributed by atoms with van der Waals surface area (Å²) in [6.07, 6.45) is 6.11. The molecule has 3 aliphatic rings. The fourth-order valence-corrected chi connectivity index (χ4v) is 3.14. The molecule has 0 aromatic heterocycles. The summed E-state index contributed by atoms with van der Waals surface area (Å²) in [5.41, 5.74) is 0.905. The van der Waals surface area contributed by atoms with Gasteiger partial charge in [0.2, 0.25) is 0 Å². The molecule has 3 aliphatic heterocycles. The third-order valence-electron chi connectivity index (χ3n) is 4.33. The van der Waals surface area contributed by atoms with Gasteiger partial charge in [-0.05, 0) is 49.9 Å². The van der Waals surface area contributed by atoms with Crippen molar-refractivity contribution in [2.45, 2.75) is 25.3 Å². The number of carbonyl (C=O) groups is 2. The van der Waals surface area contributed by atoms with Gasteiger partial charge in [-0.3, -0.25) is 4.90 Å². The van der Waals surface area contributed by atoms with Gasteiger partial charge in [-0.1, -0.05) is 30.3 Å². The molecule has 3 fully saturated rings. The molecule has 4 heteroatoms. The number of hydrogen-bond donors (Lipinski definition) is 0. The number of ether oxygens (including phenoxy) is 1. The number of rotatable bonds is 3. The number of carbonyl (C=O) groups excluding carboxylic acids is 2. The summed E-state index contributed by atoms with van der Waals surface area (Å²) in [5.74, 6) is -0.379. The van der Waals surface area contributed by atoms with Crippen molar-refractivity contribution in [2.24, 2.45) is 5.92 Å². The van der Waals surface area contributed by atoms with Gasteiger partial charge in [0.05, 0.1) is 0 Å². The number of benzene rings is 1. The van der Waals surface area contributed by atoms with E-state index < -0.39 is 11.9 Å². The molecule has 1 atom stereocenters. The first-order valence-corrected chi connectivity index (χ1v) is 7.45. The van der Waals surface area contributed by atoms with Gasteiger partial charge in [0.25, 0.3) is 0 Å². The van der Waals surface area contributed by atoms with Crippen LogP contribution in [0.15, 0.2) is 36.4 Å². The van der Waals surface area contributed by atoms with E-state index in [4.69, 9.17) is 4.74 Å². The zero-order valence-corrected chi connectivity index (χ0v) is 11.9. The molecule has 0 saturated carbocycles. The highest BCUT2D eigenvalue weighted by Crippen LogP contribution is 2.32. The van der Waals surface area contributed by atoms with Crippen LogP contribution in [0.2, 0.25) is 0 Å². The molecule has 1 aromatic carbocycles. The Bertz CT molecular complexity index is 544. The Balaban J connectivity index is 1.55. The summed E-state index contributed by atoms with van der Waals surface area (Å²) in [4.78, 5) is 26.0. The average Bonchev–Trinajstić information content (AvgIpc) is 2.55. The topological polar surface area (TPSA) is 46.6 Å². The van der Waals surface area contributed by atoms with Crippen LogP contribution in [0.1, 0.15) is 24.8 Å². The highest BCUT2D eigenvalue weighted by Gasteiger charge is 2.38. The largest absolute Gasteiger partial charge is 0.389 e.